The number of phenols is 1. The van der Waals surface area contributed by atoms with Gasteiger partial charge in [-0.1, -0.05) is 18.2 Å². The molecule has 8 nitrogen and oxygen atoms in total. The van der Waals surface area contributed by atoms with Crippen LogP contribution in [0, 0.1) is 0 Å². The van der Waals surface area contributed by atoms with Gasteiger partial charge in [-0.15, -0.1) is 5.10 Å². The third-order valence-electron chi connectivity index (χ3n) is 5.99. The van der Waals surface area contributed by atoms with Crippen molar-refractivity contribution in [3.63, 3.8) is 0 Å². The Morgan fingerprint density at radius 3 is 2.32 bits per heavy atom. The molecule has 0 unspecified atom stereocenters. The van der Waals surface area contributed by atoms with Crippen LogP contribution in [0.15, 0.2) is 73.1 Å². The van der Waals surface area contributed by atoms with E-state index in [1.54, 1.807) is 37.2 Å². The summed E-state index contributed by atoms with van der Waals surface area (Å²) in [6.45, 7) is 0. The van der Waals surface area contributed by atoms with Crippen molar-refractivity contribution >= 4 is 5.65 Å². The van der Waals surface area contributed by atoms with Gasteiger partial charge in [-0.2, -0.15) is 0 Å². The molecule has 1 N–H and O–H groups in total. The summed E-state index contributed by atoms with van der Waals surface area (Å²) in [5, 5.41) is 14.7. The van der Waals surface area contributed by atoms with E-state index in [9.17, 15) is 5.11 Å². The van der Waals surface area contributed by atoms with Crippen molar-refractivity contribution in [2.45, 2.75) is 5.92 Å². The van der Waals surface area contributed by atoms with Crippen molar-refractivity contribution in [1.29, 1.82) is 0 Å². The minimum atomic E-state index is -0.227. The first-order chi connectivity index (χ1) is 16.6. The third-order valence-corrected chi connectivity index (χ3v) is 5.99. The van der Waals surface area contributed by atoms with E-state index in [-0.39, 0.29) is 11.7 Å². The second-order valence-corrected chi connectivity index (χ2v) is 7.93. The Kier molecular flexibility index (Phi) is 4.58. The number of fused-ring (bicyclic) bond motifs is 4. The molecule has 5 aromatic rings. The van der Waals surface area contributed by atoms with E-state index in [4.69, 9.17) is 19.2 Å². The average Bonchev–Trinajstić information content (AvgIpc) is 3.32. The molecule has 34 heavy (non-hydrogen) atoms. The summed E-state index contributed by atoms with van der Waals surface area (Å²) in [6.07, 6.45) is 1.59. The van der Waals surface area contributed by atoms with Crippen LogP contribution in [0.5, 0.6) is 28.9 Å². The number of nitrogens with zero attached hydrogens (tertiary/aromatic N) is 4. The molecule has 1 aliphatic rings. The maximum absolute atomic E-state index is 10.0. The Bertz CT molecular complexity index is 1510. The van der Waals surface area contributed by atoms with Crippen LogP contribution in [-0.4, -0.2) is 38.9 Å². The van der Waals surface area contributed by atoms with Crippen molar-refractivity contribution in [2.75, 3.05) is 14.2 Å². The molecule has 168 valence electrons. The number of aromatic hydroxyl groups is 1. The Labute approximate surface area is 195 Å². The molecular formula is C26H20N4O4. The minimum Gasteiger partial charge on any atom is -0.508 e. The number of methoxy groups -OCH3 is 2. The summed E-state index contributed by atoms with van der Waals surface area (Å²) in [5.74, 6) is 2.99. The average molecular weight is 452 g/mol. The summed E-state index contributed by atoms with van der Waals surface area (Å²) in [4.78, 5) is 9.40. The van der Waals surface area contributed by atoms with Gasteiger partial charge >= 0.3 is 0 Å². The molecule has 6 rings (SSSR count). The van der Waals surface area contributed by atoms with E-state index >= 15 is 0 Å². The first-order valence-electron chi connectivity index (χ1n) is 10.7. The van der Waals surface area contributed by atoms with Gasteiger partial charge in [-0.05, 0) is 48.0 Å². The lowest BCUT2D eigenvalue weighted by Gasteiger charge is -2.28. The highest BCUT2D eigenvalue weighted by Gasteiger charge is 2.33. The number of rotatable bonds is 4. The number of ether oxygens (including phenoxy) is 3. The molecule has 0 radical (unpaired) electrons. The fourth-order valence-electron chi connectivity index (χ4n) is 4.31. The lowest BCUT2D eigenvalue weighted by atomic mass is 9.84. The smallest absolute Gasteiger partial charge is 0.228 e. The molecule has 0 fully saturated rings. The zero-order valence-electron chi connectivity index (χ0n) is 18.5. The summed E-state index contributed by atoms with van der Waals surface area (Å²) >= 11 is 0. The van der Waals surface area contributed by atoms with Crippen LogP contribution >= 0.6 is 0 Å². The molecule has 1 aliphatic heterocycles. The second kappa shape index (κ2) is 7.77. The van der Waals surface area contributed by atoms with E-state index in [1.165, 1.54) is 0 Å². The molecule has 3 aromatic carbocycles. The van der Waals surface area contributed by atoms with Crippen LogP contribution in [-0.2, 0) is 0 Å². The predicted octanol–water partition coefficient (Wildman–Crippen LogP) is 4.80. The topological polar surface area (TPSA) is 91.0 Å². The van der Waals surface area contributed by atoms with E-state index in [0.29, 0.717) is 23.1 Å². The van der Waals surface area contributed by atoms with Gasteiger partial charge in [-0.25, -0.2) is 14.5 Å². The molecule has 8 heteroatoms. The Hall–Kier alpha value is -4.59. The lowest BCUT2D eigenvalue weighted by molar-refractivity contribution is 0.414. The molecule has 0 spiro atoms. The van der Waals surface area contributed by atoms with Gasteiger partial charge < -0.3 is 19.3 Å². The van der Waals surface area contributed by atoms with E-state index in [1.807, 2.05) is 54.6 Å². The van der Waals surface area contributed by atoms with Gasteiger partial charge in [0.15, 0.2) is 11.5 Å². The molecule has 0 saturated carbocycles. The summed E-state index contributed by atoms with van der Waals surface area (Å²) in [7, 11) is 3.27. The summed E-state index contributed by atoms with van der Waals surface area (Å²) < 4.78 is 18.4. The Morgan fingerprint density at radius 2 is 1.62 bits per heavy atom. The number of benzene rings is 3. The zero-order valence-corrected chi connectivity index (χ0v) is 18.5. The van der Waals surface area contributed by atoms with Crippen LogP contribution < -0.4 is 14.2 Å². The first kappa shape index (κ1) is 20.0. The third kappa shape index (κ3) is 3.19. The van der Waals surface area contributed by atoms with Gasteiger partial charge in [0.2, 0.25) is 5.88 Å². The quantitative estimate of drug-likeness (QED) is 0.411. The van der Waals surface area contributed by atoms with Crippen LogP contribution in [0.3, 0.4) is 0 Å². The highest BCUT2D eigenvalue weighted by atomic mass is 16.5. The summed E-state index contributed by atoms with van der Waals surface area (Å²) in [5.41, 5.74) is 4.23. The second-order valence-electron chi connectivity index (χ2n) is 7.93. The van der Waals surface area contributed by atoms with Gasteiger partial charge in [0.25, 0.3) is 0 Å². The Morgan fingerprint density at radius 1 is 0.912 bits per heavy atom. The standard InChI is InChI=1S/C26H20N4O4/c1-32-18-8-3-15(4-9-18)22-20-12-7-17(31)13-21(20)34-26-23(22)25-28-24(29-30(25)14-27-26)16-5-10-19(33-2)11-6-16/h3-14,22,31H,1-2H3/t22-/m1/s1. The van der Waals surface area contributed by atoms with Crippen molar-refractivity contribution in [1.82, 2.24) is 19.6 Å². The van der Waals surface area contributed by atoms with E-state index < -0.39 is 0 Å². The number of phenolic OH excluding ortho intramolecular Hbond substituents is 1. The molecule has 3 heterocycles. The van der Waals surface area contributed by atoms with Crippen molar-refractivity contribution in [2.24, 2.45) is 0 Å². The van der Waals surface area contributed by atoms with Gasteiger partial charge in [-0.3, -0.25) is 0 Å². The van der Waals surface area contributed by atoms with Crippen molar-refractivity contribution in [3.05, 3.63) is 89.7 Å². The van der Waals surface area contributed by atoms with Crippen LogP contribution in [0.2, 0.25) is 0 Å². The fourth-order valence-corrected chi connectivity index (χ4v) is 4.31. The maximum Gasteiger partial charge on any atom is 0.228 e. The van der Waals surface area contributed by atoms with Crippen molar-refractivity contribution in [3.8, 4) is 40.3 Å². The number of hydrogen-bond acceptors (Lipinski definition) is 7. The fraction of sp³-hybridized carbons (Fsp3) is 0.115. The molecule has 0 aliphatic carbocycles. The van der Waals surface area contributed by atoms with Crippen LogP contribution in [0.4, 0.5) is 0 Å². The zero-order chi connectivity index (χ0) is 23.2. The van der Waals surface area contributed by atoms with E-state index in [2.05, 4.69) is 10.1 Å². The van der Waals surface area contributed by atoms with E-state index in [0.717, 1.165) is 33.8 Å². The monoisotopic (exact) mass is 452 g/mol. The predicted molar refractivity (Wildman–Crippen MR) is 125 cm³/mol. The molecule has 0 saturated heterocycles. The molecule has 2 aromatic heterocycles. The lowest BCUT2D eigenvalue weighted by Crippen LogP contribution is -2.15. The normalized spacial score (nSPS) is 14.2. The van der Waals surface area contributed by atoms with Crippen molar-refractivity contribution < 1.29 is 19.3 Å². The Balaban J connectivity index is 1.56. The number of hydrogen-bond donors (Lipinski definition) is 1. The minimum absolute atomic E-state index is 0.126. The van der Waals surface area contributed by atoms with Gasteiger partial charge in [0.05, 0.1) is 19.8 Å². The van der Waals surface area contributed by atoms with Gasteiger partial charge in [0.1, 0.15) is 29.3 Å². The highest BCUT2D eigenvalue weighted by Crippen LogP contribution is 2.48. The summed E-state index contributed by atoms with van der Waals surface area (Å²) in [6, 6.07) is 20.6. The molecular weight excluding hydrogens is 432 g/mol. The first-order valence-corrected chi connectivity index (χ1v) is 10.7. The van der Waals surface area contributed by atoms with Crippen LogP contribution in [0.25, 0.3) is 17.0 Å². The van der Waals surface area contributed by atoms with Crippen LogP contribution in [0.1, 0.15) is 22.6 Å². The molecule has 0 amide bonds. The molecule has 1 atom stereocenters. The highest BCUT2D eigenvalue weighted by molar-refractivity contribution is 5.69. The largest absolute Gasteiger partial charge is 0.508 e. The SMILES string of the molecule is COc1ccc(-c2nc3c4c(ncn3n2)Oc2cc(O)ccc2[C@H]4c2ccc(OC)cc2)cc1. The van der Waals surface area contributed by atoms with Gasteiger partial charge in [0, 0.05) is 23.1 Å². The number of aromatic nitrogens is 4. The molecule has 0 bridgehead atoms. The maximum atomic E-state index is 10.0.